The van der Waals surface area contributed by atoms with E-state index in [-0.39, 0.29) is 18.0 Å². The van der Waals surface area contributed by atoms with Crippen molar-refractivity contribution in [3.05, 3.63) is 54.1 Å². The summed E-state index contributed by atoms with van der Waals surface area (Å²) in [6.07, 6.45) is 0.944. The topological polar surface area (TPSA) is 36.0 Å². The number of hydrogen-bond acceptors (Lipinski definition) is 4. The number of fused-ring (bicyclic) bond motifs is 1. The van der Waals surface area contributed by atoms with E-state index in [4.69, 9.17) is 4.74 Å². The van der Waals surface area contributed by atoms with Crippen LogP contribution in [-0.2, 0) is 11.2 Å². The van der Waals surface area contributed by atoms with Crippen molar-refractivity contribution in [2.24, 2.45) is 0 Å². The minimum atomic E-state index is -0.105. The van der Waals surface area contributed by atoms with Crippen LogP contribution >= 0.6 is 0 Å². The quantitative estimate of drug-likeness (QED) is 0.818. The van der Waals surface area contributed by atoms with Crippen LogP contribution in [0.4, 0.5) is 11.4 Å². The molecule has 4 rings (SSSR count). The molecule has 2 aromatic carbocycles. The molecule has 1 amide bonds. The zero-order valence-corrected chi connectivity index (χ0v) is 17.0. The summed E-state index contributed by atoms with van der Waals surface area (Å²) in [7, 11) is 1.69. The third kappa shape index (κ3) is 3.47. The first-order valence-corrected chi connectivity index (χ1v) is 10.1. The highest BCUT2D eigenvalue weighted by atomic mass is 16.5. The fourth-order valence-corrected chi connectivity index (χ4v) is 4.42. The number of para-hydroxylation sites is 1. The summed E-state index contributed by atoms with van der Waals surface area (Å²) >= 11 is 0. The van der Waals surface area contributed by atoms with Gasteiger partial charge < -0.3 is 14.5 Å². The number of anilines is 2. The Morgan fingerprint density at radius 1 is 1.04 bits per heavy atom. The van der Waals surface area contributed by atoms with Crippen LogP contribution < -0.4 is 14.5 Å². The lowest BCUT2D eigenvalue weighted by Crippen LogP contribution is -2.55. The Morgan fingerprint density at radius 3 is 2.39 bits per heavy atom. The molecule has 148 valence electrons. The fourth-order valence-electron chi connectivity index (χ4n) is 4.42. The molecule has 1 fully saturated rings. The summed E-state index contributed by atoms with van der Waals surface area (Å²) in [4.78, 5) is 20.0. The molecule has 2 aliphatic heterocycles. The second-order valence-electron chi connectivity index (χ2n) is 7.79. The molecule has 2 unspecified atom stereocenters. The molecule has 0 aromatic heterocycles. The SMILES string of the molecule is COc1ccc(N2CCN(C(C)C(=O)N3c4ccccc4CC3C)CC2)cc1. The van der Waals surface area contributed by atoms with Gasteiger partial charge in [-0.25, -0.2) is 0 Å². The summed E-state index contributed by atoms with van der Waals surface area (Å²) in [5.74, 6) is 1.09. The number of amides is 1. The zero-order valence-electron chi connectivity index (χ0n) is 17.0. The molecule has 2 atom stereocenters. The number of rotatable bonds is 4. The van der Waals surface area contributed by atoms with E-state index in [1.165, 1.54) is 11.3 Å². The Bertz CT molecular complexity index is 828. The Labute approximate surface area is 167 Å². The van der Waals surface area contributed by atoms with Gasteiger partial charge in [0, 0.05) is 43.6 Å². The summed E-state index contributed by atoms with van der Waals surface area (Å²) in [5, 5.41) is 0. The average molecular weight is 380 g/mol. The van der Waals surface area contributed by atoms with Crippen LogP contribution in [0, 0.1) is 0 Å². The van der Waals surface area contributed by atoms with Gasteiger partial charge in [0.15, 0.2) is 0 Å². The van der Waals surface area contributed by atoms with Crippen molar-refractivity contribution in [1.82, 2.24) is 4.90 Å². The maximum absolute atomic E-state index is 13.3. The number of ether oxygens (including phenoxy) is 1. The summed E-state index contributed by atoms with van der Waals surface area (Å²) in [5.41, 5.74) is 3.57. The maximum atomic E-state index is 13.3. The molecule has 1 saturated heterocycles. The number of hydrogen-bond donors (Lipinski definition) is 0. The monoisotopic (exact) mass is 379 g/mol. The van der Waals surface area contributed by atoms with Gasteiger partial charge in [0.25, 0.3) is 0 Å². The largest absolute Gasteiger partial charge is 0.497 e. The predicted octanol–water partition coefficient (Wildman–Crippen LogP) is 3.18. The van der Waals surface area contributed by atoms with Crippen LogP contribution in [0.3, 0.4) is 0 Å². The Hall–Kier alpha value is -2.53. The molecule has 0 bridgehead atoms. The number of carbonyl (C=O) groups is 1. The van der Waals surface area contributed by atoms with E-state index < -0.39 is 0 Å². The molecule has 0 aliphatic carbocycles. The first-order chi connectivity index (χ1) is 13.6. The third-order valence-corrected chi connectivity index (χ3v) is 6.10. The second-order valence-corrected chi connectivity index (χ2v) is 7.79. The molecule has 28 heavy (non-hydrogen) atoms. The third-order valence-electron chi connectivity index (χ3n) is 6.10. The lowest BCUT2D eigenvalue weighted by Gasteiger charge is -2.40. The molecule has 0 saturated carbocycles. The molecule has 0 N–H and O–H groups in total. The number of piperazine rings is 1. The fraction of sp³-hybridized carbons (Fsp3) is 0.435. The zero-order chi connectivity index (χ0) is 19.7. The Morgan fingerprint density at radius 2 is 1.71 bits per heavy atom. The van der Waals surface area contributed by atoms with E-state index in [9.17, 15) is 4.79 Å². The van der Waals surface area contributed by atoms with Gasteiger partial charge in [-0.1, -0.05) is 18.2 Å². The normalized spacial score (nSPS) is 20.8. The van der Waals surface area contributed by atoms with Gasteiger partial charge in [-0.3, -0.25) is 9.69 Å². The highest BCUT2D eigenvalue weighted by Gasteiger charge is 2.35. The van der Waals surface area contributed by atoms with Crippen molar-refractivity contribution in [2.45, 2.75) is 32.4 Å². The van der Waals surface area contributed by atoms with E-state index >= 15 is 0 Å². The van der Waals surface area contributed by atoms with E-state index in [2.05, 4.69) is 54.0 Å². The lowest BCUT2D eigenvalue weighted by molar-refractivity contribution is -0.123. The minimum absolute atomic E-state index is 0.105. The molecule has 2 aromatic rings. The first-order valence-electron chi connectivity index (χ1n) is 10.1. The van der Waals surface area contributed by atoms with Crippen molar-refractivity contribution in [2.75, 3.05) is 43.1 Å². The van der Waals surface area contributed by atoms with Crippen molar-refractivity contribution < 1.29 is 9.53 Å². The van der Waals surface area contributed by atoms with Crippen LogP contribution in [0.15, 0.2) is 48.5 Å². The highest BCUT2D eigenvalue weighted by Crippen LogP contribution is 2.33. The van der Waals surface area contributed by atoms with Gasteiger partial charge in [0.2, 0.25) is 5.91 Å². The summed E-state index contributed by atoms with van der Waals surface area (Å²) in [6.45, 7) is 7.84. The van der Waals surface area contributed by atoms with Gasteiger partial charge in [-0.2, -0.15) is 0 Å². The molecule has 5 nitrogen and oxygen atoms in total. The number of carbonyl (C=O) groups excluding carboxylic acids is 1. The van der Waals surface area contributed by atoms with Crippen molar-refractivity contribution in [3.63, 3.8) is 0 Å². The number of nitrogens with zero attached hydrogens (tertiary/aromatic N) is 3. The minimum Gasteiger partial charge on any atom is -0.497 e. The van der Waals surface area contributed by atoms with Crippen molar-refractivity contribution >= 4 is 17.3 Å². The van der Waals surface area contributed by atoms with Gasteiger partial charge >= 0.3 is 0 Å². The molecular formula is C23H29N3O2. The molecule has 0 spiro atoms. The molecule has 2 aliphatic rings. The first kappa shape index (κ1) is 18.8. The van der Waals surface area contributed by atoms with E-state index in [1.54, 1.807) is 7.11 Å². The summed E-state index contributed by atoms with van der Waals surface area (Å²) < 4.78 is 5.24. The Kier molecular flexibility index (Phi) is 5.27. The number of benzene rings is 2. The molecular weight excluding hydrogens is 350 g/mol. The van der Waals surface area contributed by atoms with E-state index in [0.717, 1.165) is 44.0 Å². The van der Waals surface area contributed by atoms with Crippen LogP contribution in [0.1, 0.15) is 19.4 Å². The van der Waals surface area contributed by atoms with Crippen molar-refractivity contribution in [3.8, 4) is 5.75 Å². The average Bonchev–Trinajstić information content (AvgIpc) is 3.08. The van der Waals surface area contributed by atoms with Crippen LogP contribution in [-0.4, -0.2) is 56.2 Å². The predicted molar refractivity (Wildman–Crippen MR) is 113 cm³/mol. The van der Waals surface area contributed by atoms with Crippen molar-refractivity contribution in [1.29, 1.82) is 0 Å². The van der Waals surface area contributed by atoms with Gasteiger partial charge in [-0.15, -0.1) is 0 Å². The smallest absolute Gasteiger partial charge is 0.244 e. The molecule has 5 heteroatoms. The van der Waals surface area contributed by atoms with Crippen LogP contribution in [0.5, 0.6) is 5.75 Å². The Balaban J connectivity index is 1.40. The second kappa shape index (κ2) is 7.84. The summed E-state index contributed by atoms with van der Waals surface area (Å²) in [6, 6.07) is 16.6. The van der Waals surface area contributed by atoms with Gasteiger partial charge in [0.1, 0.15) is 5.75 Å². The number of methoxy groups -OCH3 is 1. The molecule has 2 heterocycles. The van der Waals surface area contributed by atoms with Crippen LogP contribution in [0.2, 0.25) is 0 Å². The maximum Gasteiger partial charge on any atom is 0.244 e. The lowest BCUT2D eigenvalue weighted by atomic mass is 10.1. The van der Waals surface area contributed by atoms with Crippen LogP contribution in [0.25, 0.3) is 0 Å². The van der Waals surface area contributed by atoms with E-state index in [1.807, 2.05) is 23.1 Å². The molecule has 0 radical (unpaired) electrons. The standard InChI is InChI=1S/C23H29N3O2/c1-17-16-19-6-4-5-7-22(19)26(17)23(27)18(2)24-12-14-25(15-13-24)20-8-10-21(28-3)11-9-20/h4-11,17-18H,12-16H2,1-3H3. The van der Waals surface area contributed by atoms with Gasteiger partial charge in [0.05, 0.1) is 13.2 Å². The highest BCUT2D eigenvalue weighted by molar-refractivity contribution is 5.99. The van der Waals surface area contributed by atoms with Gasteiger partial charge in [-0.05, 0) is 56.2 Å². The van der Waals surface area contributed by atoms with E-state index in [0.29, 0.717) is 0 Å².